The molecule has 2 rings (SSSR count). The van der Waals surface area contributed by atoms with Crippen LogP contribution in [0, 0.1) is 0 Å². The predicted molar refractivity (Wildman–Crippen MR) is 84.3 cm³/mol. The van der Waals surface area contributed by atoms with Gasteiger partial charge in [0.25, 0.3) is 0 Å². The molecule has 0 fully saturated rings. The van der Waals surface area contributed by atoms with Gasteiger partial charge >= 0.3 is 12.1 Å². The van der Waals surface area contributed by atoms with E-state index in [4.69, 9.17) is 9.47 Å². The topological polar surface area (TPSA) is 55.8 Å². The summed E-state index contributed by atoms with van der Waals surface area (Å²) in [5.74, 6) is -0.437. The maximum absolute atomic E-state index is 12.3. The Morgan fingerprint density at radius 3 is 2.59 bits per heavy atom. The molecule has 5 nitrogen and oxygen atoms in total. The van der Waals surface area contributed by atoms with Crippen molar-refractivity contribution in [2.24, 2.45) is 0 Å². The number of rotatable bonds is 2. The lowest BCUT2D eigenvalue weighted by Crippen LogP contribution is -2.36. The van der Waals surface area contributed by atoms with Crippen LogP contribution in [0.25, 0.3) is 0 Å². The van der Waals surface area contributed by atoms with Gasteiger partial charge in [-0.05, 0) is 44.5 Å². The molecule has 1 aromatic rings. The van der Waals surface area contributed by atoms with Gasteiger partial charge in [0.05, 0.1) is 18.4 Å². The lowest BCUT2D eigenvalue weighted by molar-refractivity contribution is 0.0579. The number of carbonyl (C=O) groups is 2. The van der Waals surface area contributed by atoms with E-state index in [0.29, 0.717) is 12.1 Å². The molecular weight excluding hydrogens is 282 g/mol. The number of benzene rings is 1. The minimum Gasteiger partial charge on any atom is -0.465 e. The number of fused-ring (bicyclic) bond motifs is 1. The number of methoxy groups -OCH3 is 1. The maximum Gasteiger partial charge on any atom is 0.414 e. The van der Waals surface area contributed by atoms with Gasteiger partial charge in [0.15, 0.2) is 0 Å². The van der Waals surface area contributed by atoms with Crippen LogP contribution in [0.3, 0.4) is 0 Å². The number of anilines is 1. The standard InChI is InChI=1S/C17H21NO4/c1-6-11-10-18(16(20)22-17(2,3)4)14-8-7-12(9-13(11)14)15(19)21-5/h6-9,11H,1,10H2,2-5H3. The van der Waals surface area contributed by atoms with Crippen molar-refractivity contribution in [2.75, 3.05) is 18.6 Å². The molecule has 1 atom stereocenters. The fraction of sp³-hybridized carbons (Fsp3) is 0.412. The van der Waals surface area contributed by atoms with E-state index >= 15 is 0 Å². The fourth-order valence-electron chi connectivity index (χ4n) is 2.43. The van der Waals surface area contributed by atoms with Crippen molar-refractivity contribution in [1.82, 2.24) is 0 Å². The third-order valence-electron chi connectivity index (χ3n) is 3.42. The second-order valence-electron chi connectivity index (χ2n) is 6.20. The van der Waals surface area contributed by atoms with Gasteiger partial charge in [-0.1, -0.05) is 6.08 Å². The van der Waals surface area contributed by atoms with Crippen molar-refractivity contribution in [3.63, 3.8) is 0 Å². The Kier molecular flexibility index (Phi) is 4.26. The zero-order chi connectivity index (χ0) is 16.5. The van der Waals surface area contributed by atoms with Crippen molar-refractivity contribution in [2.45, 2.75) is 32.3 Å². The van der Waals surface area contributed by atoms with Gasteiger partial charge in [-0.25, -0.2) is 9.59 Å². The molecule has 1 amide bonds. The average Bonchev–Trinajstić information content (AvgIpc) is 2.82. The molecule has 0 spiro atoms. The highest BCUT2D eigenvalue weighted by atomic mass is 16.6. The summed E-state index contributed by atoms with van der Waals surface area (Å²) in [7, 11) is 1.34. The molecule has 1 aliphatic rings. The normalized spacial score (nSPS) is 16.9. The first-order chi connectivity index (χ1) is 10.3. The van der Waals surface area contributed by atoms with E-state index in [1.54, 1.807) is 29.2 Å². The monoisotopic (exact) mass is 303 g/mol. The Labute approximate surface area is 130 Å². The quantitative estimate of drug-likeness (QED) is 0.620. The largest absolute Gasteiger partial charge is 0.465 e. The number of amides is 1. The summed E-state index contributed by atoms with van der Waals surface area (Å²) in [4.78, 5) is 25.6. The van der Waals surface area contributed by atoms with Crippen LogP contribution >= 0.6 is 0 Å². The highest BCUT2D eigenvalue weighted by Gasteiger charge is 2.34. The van der Waals surface area contributed by atoms with Gasteiger partial charge in [-0.3, -0.25) is 4.90 Å². The lowest BCUT2D eigenvalue weighted by atomic mass is 9.99. The zero-order valence-electron chi connectivity index (χ0n) is 13.4. The number of hydrogen-bond acceptors (Lipinski definition) is 4. The van der Waals surface area contributed by atoms with Crippen LogP contribution in [-0.4, -0.2) is 31.3 Å². The van der Waals surface area contributed by atoms with Crippen LogP contribution in [0.15, 0.2) is 30.9 Å². The van der Waals surface area contributed by atoms with Gasteiger partial charge in [0, 0.05) is 12.5 Å². The number of ether oxygens (including phenoxy) is 2. The van der Waals surface area contributed by atoms with E-state index in [1.165, 1.54) is 7.11 Å². The summed E-state index contributed by atoms with van der Waals surface area (Å²) in [5, 5.41) is 0. The molecule has 0 bridgehead atoms. The van der Waals surface area contributed by atoms with E-state index < -0.39 is 17.7 Å². The van der Waals surface area contributed by atoms with Gasteiger partial charge in [0.1, 0.15) is 5.60 Å². The molecule has 0 aliphatic carbocycles. The van der Waals surface area contributed by atoms with Crippen molar-refractivity contribution >= 4 is 17.7 Å². The third-order valence-corrected chi connectivity index (χ3v) is 3.42. The van der Waals surface area contributed by atoms with Crippen molar-refractivity contribution < 1.29 is 19.1 Å². The molecule has 1 aliphatic heterocycles. The summed E-state index contributed by atoms with van der Waals surface area (Å²) >= 11 is 0. The SMILES string of the molecule is C=CC1CN(C(=O)OC(C)(C)C)c2ccc(C(=O)OC)cc21. The smallest absolute Gasteiger partial charge is 0.414 e. The van der Waals surface area contributed by atoms with Crippen molar-refractivity contribution in [3.05, 3.63) is 42.0 Å². The summed E-state index contributed by atoms with van der Waals surface area (Å²) < 4.78 is 10.2. The first-order valence-corrected chi connectivity index (χ1v) is 7.12. The Bertz CT molecular complexity index is 616. The Morgan fingerprint density at radius 2 is 2.05 bits per heavy atom. The second-order valence-corrected chi connectivity index (χ2v) is 6.20. The molecule has 1 aromatic carbocycles. The van der Waals surface area contributed by atoms with Gasteiger partial charge < -0.3 is 9.47 Å². The fourth-order valence-corrected chi connectivity index (χ4v) is 2.43. The minimum atomic E-state index is -0.560. The molecular formula is C17H21NO4. The van der Waals surface area contributed by atoms with Gasteiger partial charge in [-0.15, -0.1) is 6.58 Å². The highest BCUT2D eigenvalue weighted by molar-refractivity contribution is 5.94. The predicted octanol–water partition coefficient (Wildman–Crippen LogP) is 3.50. The number of carbonyl (C=O) groups excluding carboxylic acids is 2. The molecule has 0 radical (unpaired) electrons. The summed E-state index contributed by atoms with van der Waals surface area (Å²) in [6, 6.07) is 5.14. The van der Waals surface area contributed by atoms with Gasteiger partial charge in [0.2, 0.25) is 0 Å². The maximum atomic E-state index is 12.3. The minimum absolute atomic E-state index is 0.0351. The molecule has 0 saturated carbocycles. The zero-order valence-corrected chi connectivity index (χ0v) is 13.4. The molecule has 0 aromatic heterocycles. The summed E-state index contributed by atoms with van der Waals surface area (Å²) in [6.07, 6.45) is 1.37. The van der Waals surface area contributed by atoms with Crippen LogP contribution in [0.1, 0.15) is 42.6 Å². The second kappa shape index (κ2) is 5.83. The molecule has 1 heterocycles. The molecule has 0 N–H and O–H groups in total. The Hall–Kier alpha value is -2.30. The van der Waals surface area contributed by atoms with Crippen LogP contribution in [0.5, 0.6) is 0 Å². The van der Waals surface area contributed by atoms with Crippen molar-refractivity contribution in [1.29, 1.82) is 0 Å². The van der Waals surface area contributed by atoms with E-state index in [1.807, 2.05) is 20.8 Å². The Balaban J connectivity index is 2.36. The summed E-state index contributed by atoms with van der Waals surface area (Å²) in [5.41, 5.74) is 1.52. The molecule has 5 heteroatoms. The molecule has 1 unspecified atom stereocenters. The average molecular weight is 303 g/mol. The van der Waals surface area contributed by atoms with Gasteiger partial charge in [-0.2, -0.15) is 0 Å². The van der Waals surface area contributed by atoms with Crippen LogP contribution in [0.2, 0.25) is 0 Å². The molecule has 22 heavy (non-hydrogen) atoms. The molecule has 0 saturated heterocycles. The lowest BCUT2D eigenvalue weighted by Gasteiger charge is -2.25. The van der Waals surface area contributed by atoms with Crippen LogP contribution in [0.4, 0.5) is 10.5 Å². The number of esters is 1. The third kappa shape index (κ3) is 3.13. The Morgan fingerprint density at radius 1 is 1.36 bits per heavy atom. The highest BCUT2D eigenvalue weighted by Crippen LogP contribution is 2.38. The van der Waals surface area contributed by atoms with E-state index in [-0.39, 0.29) is 5.92 Å². The number of nitrogens with zero attached hydrogens (tertiary/aromatic N) is 1. The summed E-state index contributed by atoms with van der Waals surface area (Å²) in [6.45, 7) is 9.75. The number of hydrogen-bond donors (Lipinski definition) is 0. The molecule has 118 valence electrons. The first kappa shape index (κ1) is 16.1. The van der Waals surface area contributed by atoms with Crippen LogP contribution in [-0.2, 0) is 9.47 Å². The first-order valence-electron chi connectivity index (χ1n) is 7.12. The van der Waals surface area contributed by atoms with E-state index in [9.17, 15) is 9.59 Å². The van der Waals surface area contributed by atoms with Crippen molar-refractivity contribution in [3.8, 4) is 0 Å². The van der Waals surface area contributed by atoms with Crippen LogP contribution < -0.4 is 4.90 Å². The van der Waals surface area contributed by atoms with E-state index in [0.717, 1.165) is 11.3 Å². The van der Waals surface area contributed by atoms with E-state index in [2.05, 4.69) is 6.58 Å².